The van der Waals surface area contributed by atoms with Crippen LogP contribution in [0.4, 0.5) is 11.4 Å². The Morgan fingerprint density at radius 1 is 1.33 bits per heavy atom. The smallest absolute Gasteiger partial charge is 0.243 e. The molecule has 1 atom stereocenters. The third-order valence-corrected chi connectivity index (χ3v) is 4.35. The van der Waals surface area contributed by atoms with Crippen LogP contribution in [0.15, 0.2) is 61.2 Å². The zero-order valence-electron chi connectivity index (χ0n) is 13.9. The topological polar surface area (TPSA) is 41.6 Å². The summed E-state index contributed by atoms with van der Waals surface area (Å²) in [6.45, 7) is 4.99. The minimum Gasteiger partial charge on any atom is -0.497 e. The van der Waals surface area contributed by atoms with E-state index in [9.17, 15) is 4.79 Å². The molecule has 0 aliphatic carbocycles. The molecule has 4 nitrogen and oxygen atoms in total. The van der Waals surface area contributed by atoms with Crippen molar-refractivity contribution in [1.29, 1.82) is 0 Å². The second-order valence-corrected chi connectivity index (χ2v) is 5.96. The first-order valence-corrected chi connectivity index (χ1v) is 8.11. The Balaban J connectivity index is 1.88. The highest BCUT2D eigenvalue weighted by Crippen LogP contribution is 2.36. The normalized spacial score (nSPS) is 16.2. The highest BCUT2D eigenvalue weighted by Gasteiger charge is 2.25. The van der Waals surface area contributed by atoms with Crippen molar-refractivity contribution in [2.24, 2.45) is 5.92 Å². The number of hydrogen-bond donors (Lipinski definition) is 1. The number of carbonyl (C=O) groups is 1. The van der Waals surface area contributed by atoms with Crippen LogP contribution in [0.25, 0.3) is 0 Å². The number of carbonyl (C=O) groups excluding carboxylic acids is 1. The summed E-state index contributed by atoms with van der Waals surface area (Å²) >= 11 is 0. The fraction of sp³-hybridized carbons (Fsp3) is 0.250. The molecule has 3 rings (SSSR count). The average molecular weight is 322 g/mol. The fourth-order valence-corrected chi connectivity index (χ4v) is 3.16. The Bertz CT molecular complexity index is 742. The average Bonchev–Trinajstić information content (AvgIpc) is 2.65. The number of nitrogens with zero attached hydrogens (tertiary/aromatic N) is 1. The summed E-state index contributed by atoms with van der Waals surface area (Å²) in [5, 5.41) is 2.92. The molecule has 24 heavy (non-hydrogen) atoms. The Kier molecular flexibility index (Phi) is 4.85. The zero-order chi connectivity index (χ0) is 16.9. The van der Waals surface area contributed by atoms with E-state index in [0.717, 1.165) is 24.4 Å². The van der Waals surface area contributed by atoms with Gasteiger partial charge in [-0.05, 0) is 42.2 Å². The maximum Gasteiger partial charge on any atom is 0.243 e. The van der Waals surface area contributed by atoms with E-state index in [-0.39, 0.29) is 5.91 Å². The molecule has 0 fully saturated rings. The van der Waals surface area contributed by atoms with Crippen molar-refractivity contribution in [2.45, 2.75) is 6.42 Å². The minimum absolute atomic E-state index is 0.123. The van der Waals surface area contributed by atoms with Gasteiger partial charge in [0, 0.05) is 30.5 Å². The van der Waals surface area contributed by atoms with Crippen LogP contribution < -0.4 is 15.0 Å². The molecule has 0 bridgehead atoms. The van der Waals surface area contributed by atoms with Gasteiger partial charge in [-0.3, -0.25) is 4.79 Å². The van der Waals surface area contributed by atoms with Gasteiger partial charge < -0.3 is 15.0 Å². The second-order valence-electron chi connectivity index (χ2n) is 5.96. The third kappa shape index (κ3) is 3.43. The number of ether oxygens (including phenoxy) is 1. The number of methoxy groups -OCH3 is 1. The molecular weight excluding hydrogens is 300 g/mol. The van der Waals surface area contributed by atoms with Crippen molar-refractivity contribution in [2.75, 3.05) is 25.1 Å². The maximum atomic E-state index is 11.5. The molecule has 0 spiro atoms. The van der Waals surface area contributed by atoms with Crippen LogP contribution in [0.3, 0.4) is 0 Å². The first-order valence-electron chi connectivity index (χ1n) is 8.11. The van der Waals surface area contributed by atoms with E-state index in [1.807, 2.05) is 18.2 Å². The lowest BCUT2D eigenvalue weighted by molar-refractivity contribution is -0.116. The van der Waals surface area contributed by atoms with E-state index >= 15 is 0 Å². The second kappa shape index (κ2) is 7.21. The van der Waals surface area contributed by atoms with Crippen LogP contribution in [-0.4, -0.2) is 26.1 Å². The summed E-state index contributed by atoms with van der Waals surface area (Å²) in [4.78, 5) is 13.8. The van der Waals surface area contributed by atoms with Gasteiger partial charge in [0.25, 0.3) is 0 Å². The lowest BCUT2D eigenvalue weighted by atomic mass is 9.92. The highest BCUT2D eigenvalue weighted by atomic mass is 16.5. The van der Waals surface area contributed by atoms with Gasteiger partial charge in [0.05, 0.1) is 7.11 Å². The van der Waals surface area contributed by atoms with Crippen molar-refractivity contribution < 1.29 is 9.53 Å². The van der Waals surface area contributed by atoms with Crippen LogP contribution in [0.1, 0.15) is 5.56 Å². The molecular formula is C20H22N2O2. The maximum absolute atomic E-state index is 11.5. The predicted octanol–water partition coefficient (Wildman–Crippen LogP) is 3.31. The van der Waals surface area contributed by atoms with E-state index in [4.69, 9.17) is 4.74 Å². The van der Waals surface area contributed by atoms with E-state index in [0.29, 0.717) is 12.5 Å². The number of anilines is 2. The van der Waals surface area contributed by atoms with Gasteiger partial charge in [0.15, 0.2) is 0 Å². The van der Waals surface area contributed by atoms with Crippen molar-refractivity contribution in [3.63, 3.8) is 0 Å². The number of fused-ring (bicyclic) bond motifs is 1. The molecule has 1 N–H and O–H groups in total. The third-order valence-electron chi connectivity index (χ3n) is 4.35. The molecule has 0 radical (unpaired) electrons. The molecule has 1 amide bonds. The molecule has 1 aliphatic heterocycles. The minimum atomic E-state index is -0.123. The lowest BCUT2D eigenvalue weighted by Gasteiger charge is -2.36. The fourth-order valence-electron chi connectivity index (χ4n) is 3.16. The van der Waals surface area contributed by atoms with Crippen molar-refractivity contribution in [3.8, 4) is 5.75 Å². The Morgan fingerprint density at radius 3 is 2.96 bits per heavy atom. The molecule has 2 aromatic rings. The van der Waals surface area contributed by atoms with Gasteiger partial charge in [-0.15, -0.1) is 0 Å². The largest absolute Gasteiger partial charge is 0.497 e. The quantitative estimate of drug-likeness (QED) is 0.859. The molecule has 1 aliphatic rings. The standard InChI is InChI=1S/C20H22N2O2/c1-3-20(23)21-13-15-11-16-7-4-5-10-19(16)22(14-15)17-8-6-9-18(12-17)24-2/h3-10,12,15H,1,11,13-14H2,2H3,(H,21,23). The van der Waals surface area contributed by atoms with Crippen molar-refractivity contribution >= 4 is 17.3 Å². The molecule has 2 aromatic carbocycles. The molecule has 1 unspecified atom stereocenters. The van der Waals surface area contributed by atoms with Gasteiger partial charge in [0.2, 0.25) is 5.91 Å². The number of nitrogens with one attached hydrogen (secondary N) is 1. The summed E-state index contributed by atoms with van der Waals surface area (Å²) in [5.41, 5.74) is 3.61. The summed E-state index contributed by atoms with van der Waals surface area (Å²) < 4.78 is 5.36. The Morgan fingerprint density at radius 2 is 2.17 bits per heavy atom. The van der Waals surface area contributed by atoms with Gasteiger partial charge in [-0.2, -0.15) is 0 Å². The Hall–Kier alpha value is -2.75. The zero-order valence-corrected chi connectivity index (χ0v) is 13.9. The number of hydrogen-bond acceptors (Lipinski definition) is 3. The highest BCUT2D eigenvalue weighted by molar-refractivity contribution is 5.86. The van der Waals surface area contributed by atoms with E-state index in [1.54, 1.807) is 7.11 Å². The van der Waals surface area contributed by atoms with Gasteiger partial charge in [-0.1, -0.05) is 30.8 Å². The Labute approximate surface area is 142 Å². The van der Waals surface area contributed by atoms with E-state index < -0.39 is 0 Å². The molecule has 0 aromatic heterocycles. The summed E-state index contributed by atoms with van der Waals surface area (Å²) in [7, 11) is 1.68. The van der Waals surface area contributed by atoms with Crippen LogP contribution in [-0.2, 0) is 11.2 Å². The van der Waals surface area contributed by atoms with Crippen LogP contribution in [0.5, 0.6) is 5.75 Å². The van der Waals surface area contributed by atoms with Crippen LogP contribution >= 0.6 is 0 Å². The molecule has 0 saturated carbocycles. The number of rotatable bonds is 5. The summed E-state index contributed by atoms with van der Waals surface area (Å²) in [5.74, 6) is 1.06. The van der Waals surface area contributed by atoms with E-state index in [1.165, 1.54) is 17.3 Å². The van der Waals surface area contributed by atoms with Crippen molar-refractivity contribution in [1.82, 2.24) is 5.32 Å². The van der Waals surface area contributed by atoms with Gasteiger partial charge in [0.1, 0.15) is 5.75 Å². The van der Waals surface area contributed by atoms with Gasteiger partial charge >= 0.3 is 0 Å². The molecule has 4 heteroatoms. The molecule has 124 valence electrons. The van der Waals surface area contributed by atoms with Gasteiger partial charge in [-0.25, -0.2) is 0 Å². The summed E-state index contributed by atoms with van der Waals surface area (Å²) in [6.07, 6.45) is 2.27. The molecule has 0 saturated heterocycles. The first kappa shape index (κ1) is 16.1. The number of benzene rings is 2. The van der Waals surface area contributed by atoms with E-state index in [2.05, 4.69) is 47.1 Å². The predicted molar refractivity (Wildman–Crippen MR) is 96.8 cm³/mol. The first-order chi connectivity index (χ1) is 11.7. The SMILES string of the molecule is C=CC(=O)NCC1Cc2ccccc2N(c2cccc(OC)c2)C1. The number of amides is 1. The number of para-hydroxylation sites is 1. The molecule has 1 heterocycles. The van der Waals surface area contributed by atoms with Crippen LogP contribution in [0, 0.1) is 5.92 Å². The van der Waals surface area contributed by atoms with Crippen molar-refractivity contribution in [3.05, 3.63) is 66.7 Å². The lowest BCUT2D eigenvalue weighted by Crippen LogP contribution is -2.38. The van der Waals surface area contributed by atoms with Crippen LogP contribution in [0.2, 0.25) is 0 Å². The monoisotopic (exact) mass is 322 g/mol. The summed E-state index contributed by atoms with van der Waals surface area (Å²) in [6, 6.07) is 16.5.